The zero-order valence-electron chi connectivity index (χ0n) is 14.7. The standard InChI is InChI=1S/C20H25N3O2/c1-15-8-10-16(11-9-15)18-12-13-20(25)23(22-18)14-19(24)21-17-6-4-2-3-5-7-17/h8-13,17H,2-7,14H2,1H3,(H,21,24). The predicted molar refractivity (Wildman–Crippen MR) is 98.3 cm³/mol. The van der Waals surface area contributed by atoms with Crippen LogP contribution in [0, 0.1) is 6.92 Å². The van der Waals surface area contributed by atoms with Crippen molar-refractivity contribution in [3.05, 3.63) is 52.3 Å². The van der Waals surface area contributed by atoms with Crippen LogP contribution in [0.25, 0.3) is 11.3 Å². The molecule has 0 aliphatic heterocycles. The first-order valence-electron chi connectivity index (χ1n) is 9.06. The van der Waals surface area contributed by atoms with E-state index in [1.54, 1.807) is 6.07 Å². The van der Waals surface area contributed by atoms with Gasteiger partial charge in [0.1, 0.15) is 6.54 Å². The van der Waals surface area contributed by atoms with Crippen molar-refractivity contribution in [1.29, 1.82) is 0 Å². The van der Waals surface area contributed by atoms with Gasteiger partial charge in [-0.05, 0) is 25.8 Å². The molecule has 2 aromatic rings. The van der Waals surface area contributed by atoms with Crippen LogP contribution in [0.4, 0.5) is 0 Å². The van der Waals surface area contributed by atoms with Crippen LogP contribution in [0.15, 0.2) is 41.2 Å². The Bertz CT molecular complexity index is 772. The Labute approximate surface area is 148 Å². The van der Waals surface area contributed by atoms with Crippen molar-refractivity contribution in [3.8, 4) is 11.3 Å². The normalized spacial score (nSPS) is 15.6. The summed E-state index contributed by atoms with van der Waals surface area (Å²) >= 11 is 0. The lowest BCUT2D eigenvalue weighted by Gasteiger charge is -2.16. The second kappa shape index (κ2) is 8.10. The number of aromatic nitrogens is 2. The number of hydrogen-bond acceptors (Lipinski definition) is 3. The van der Waals surface area contributed by atoms with Crippen LogP contribution in [-0.4, -0.2) is 21.7 Å². The number of nitrogens with zero attached hydrogens (tertiary/aromatic N) is 2. The lowest BCUT2D eigenvalue weighted by molar-refractivity contribution is -0.122. The highest BCUT2D eigenvalue weighted by Gasteiger charge is 2.15. The Balaban J connectivity index is 1.71. The van der Waals surface area contributed by atoms with Gasteiger partial charge in [0.15, 0.2) is 0 Å². The molecule has 5 nitrogen and oxygen atoms in total. The Kier molecular flexibility index (Phi) is 5.64. The molecule has 1 N–H and O–H groups in total. The van der Waals surface area contributed by atoms with Gasteiger partial charge in [0.2, 0.25) is 5.91 Å². The first-order valence-corrected chi connectivity index (χ1v) is 9.06. The lowest BCUT2D eigenvalue weighted by atomic mass is 10.1. The van der Waals surface area contributed by atoms with Gasteiger partial charge in [-0.2, -0.15) is 5.10 Å². The van der Waals surface area contributed by atoms with Crippen molar-refractivity contribution in [3.63, 3.8) is 0 Å². The molecule has 25 heavy (non-hydrogen) atoms. The molecule has 0 saturated heterocycles. The zero-order valence-corrected chi connectivity index (χ0v) is 14.7. The molecule has 1 fully saturated rings. The average molecular weight is 339 g/mol. The third-order valence-corrected chi connectivity index (χ3v) is 4.73. The number of aryl methyl sites for hydroxylation is 1. The van der Waals surface area contributed by atoms with Gasteiger partial charge in [0.25, 0.3) is 5.56 Å². The van der Waals surface area contributed by atoms with Crippen molar-refractivity contribution in [2.24, 2.45) is 0 Å². The van der Waals surface area contributed by atoms with E-state index in [9.17, 15) is 9.59 Å². The molecule has 5 heteroatoms. The van der Waals surface area contributed by atoms with E-state index in [4.69, 9.17) is 0 Å². The van der Waals surface area contributed by atoms with E-state index < -0.39 is 0 Å². The number of carbonyl (C=O) groups excluding carboxylic acids is 1. The SMILES string of the molecule is Cc1ccc(-c2ccc(=O)n(CC(=O)NC3CCCCCC3)n2)cc1. The van der Waals surface area contributed by atoms with Gasteiger partial charge in [-0.3, -0.25) is 9.59 Å². The molecule has 1 aliphatic carbocycles. The van der Waals surface area contributed by atoms with E-state index in [0.717, 1.165) is 31.2 Å². The molecule has 1 amide bonds. The minimum absolute atomic E-state index is 0.0327. The first kappa shape index (κ1) is 17.4. The maximum atomic E-state index is 12.3. The summed E-state index contributed by atoms with van der Waals surface area (Å²) < 4.78 is 1.25. The van der Waals surface area contributed by atoms with Crippen LogP contribution in [0.3, 0.4) is 0 Å². The molecule has 0 bridgehead atoms. The fourth-order valence-electron chi connectivity index (χ4n) is 3.27. The van der Waals surface area contributed by atoms with Crippen molar-refractivity contribution >= 4 is 5.91 Å². The van der Waals surface area contributed by atoms with Crippen LogP contribution in [0.5, 0.6) is 0 Å². The summed E-state index contributed by atoms with van der Waals surface area (Å²) in [6.07, 6.45) is 6.85. The summed E-state index contributed by atoms with van der Waals surface area (Å²) in [5.74, 6) is -0.137. The van der Waals surface area contributed by atoms with E-state index in [2.05, 4.69) is 10.4 Å². The minimum Gasteiger partial charge on any atom is -0.352 e. The van der Waals surface area contributed by atoms with Crippen LogP contribution < -0.4 is 10.9 Å². The largest absolute Gasteiger partial charge is 0.352 e. The predicted octanol–water partition coefficient (Wildman–Crippen LogP) is 3.06. The lowest BCUT2D eigenvalue weighted by Crippen LogP contribution is -2.39. The summed E-state index contributed by atoms with van der Waals surface area (Å²) in [4.78, 5) is 24.4. The molecule has 1 aromatic carbocycles. The van der Waals surface area contributed by atoms with Crippen molar-refractivity contribution < 1.29 is 4.79 Å². The number of benzene rings is 1. The second-order valence-corrected chi connectivity index (χ2v) is 6.84. The first-order chi connectivity index (χ1) is 12.1. The zero-order chi connectivity index (χ0) is 17.6. The minimum atomic E-state index is -0.258. The Morgan fingerprint density at radius 2 is 1.76 bits per heavy atom. The van der Waals surface area contributed by atoms with Gasteiger partial charge >= 0.3 is 0 Å². The van der Waals surface area contributed by atoms with Crippen LogP contribution in [0.1, 0.15) is 44.1 Å². The molecule has 0 atom stereocenters. The monoisotopic (exact) mass is 339 g/mol. The maximum absolute atomic E-state index is 12.3. The quantitative estimate of drug-likeness (QED) is 0.871. The highest BCUT2D eigenvalue weighted by atomic mass is 16.2. The molecule has 1 heterocycles. The number of carbonyl (C=O) groups is 1. The molecule has 1 saturated carbocycles. The van der Waals surface area contributed by atoms with Gasteiger partial charge < -0.3 is 5.32 Å². The topological polar surface area (TPSA) is 64.0 Å². The number of nitrogens with one attached hydrogen (secondary N) is 1. The summed E-state index contributed by atoms with van der Waals surface area (Å²) in [5, 5.41) is 7.43. The smallest absolute Gasteiger partial charge is 0.267 e. The van der Waals surface area contributed by atoms with Crippen LogP contribution in [-0.2, 0) is 11.3 Å². The number of amides is 1. The summed E-state index contributed by atoms with van der Waals surface area (Å²) in [7, 11) is 0. The van der Waals surface area contributed by atoms with E-state index in [-0.39, 0.29) is 24.1 Å². The van der Waals surface area contributed by atoms with Gasteiger partial charge in [-0.15, -0.1) is 0 Å². The van der Waals surface area contributed by atoms with E-state index in [1.165, 1.54) is 29.2 Å². The fraction of sp³-hybridized carbons (Fsp3) is 0.450. The maximum Gasteiger partial charge on any atom is 0.267 e. The van der Waals surface area contributed by atoms with Gasteiger partial charge in [-0.25, -0.2) is 4.68 Å². The summed E-state index contributed by atoms with van der Waals surface area (Å²) in [6, 6.07) is 11.4. The number of hydrogen-bond donors (Lipinski definition) is 1. The van der Waals surface area contributed by atoms with Gasteiger partial charge in [-0.1, -0.05) is 55.5 Å². The van der Waals surface area contributed by atoms with Crippen molar-refractivity contribution in [1.82, 2.24) is 15.1 Å². The van der Waals surface area contributed by atoms with Crippen molar-refractivity contribution in [2.45, 2.75) is 58.0 Å². The Morgan fingerprint density at radius 1 is 1.08 bits per heavy atom. The van der Waals surface area contributed by atoms with Crippen molar-refractivity contribution in [2.75, 3.05) is 0 Å². The molecule has 1 aliphatic rings. The van der Waals surface area contributed by atoms with Crippen LogP contribution in [0.2, 0.25) is 0 Å². The van der Waals surface area contributed by atoms with E-state index >= 15 is 0 Å². The number of rotatable bonds is 4. The highest BCUT2D eigenvalue weighted by molar-refractivity contribution is 5.76. The fourth-order valence-corrected chi connectivity index (χ4v) is 3.27. The summed E-state index contributed by atoms with van der Waals surface area (Å²) in [6.45, 7) is 1.99. The average Bonchev–Trinajstić information content (AvgIpc) is 2.86. The molecule has 0 spiro atoms. The molecule has 0 radical (unpaired) electrons. The molecular weight excluding hydrogens is 314 g/mol. The molecule has 1 aromatic heterocycles. The van der Waals surface area contributed by atoms with Gasteiger partial charge in [0.05, 0.1) is 5.69 Å². The Morgan fingerprint density at radius 3 is 2.44 bits per heavy atom. The van der Waals surface area contributed by atoms with E-state index in [1.807, 2.05) is 31.2 Å². The second-order valence-electron chi connectivity index (χ2n) is 6.84. The third-order valence-electron chi connectivity index (χ3n) is 4.73. The van der Waals surface area contributed by atoms with E-state index in [0.29, 0.717) is 5.69 Å². The van der Waals surface area contributed by atoms with Crippen LogP contribution >= 0.6 is 0 Å². The molecular formula is C20H25N3O2. The van der Waals surface area contributed by atoms with Gasteiger partial charge in [0, 0.05) is 17.7 Å². The molecule has 3 rings (SSSR count). The molecule has 0 unspecified atom stereocenters. The molecule has 132 valence electrons. The highest BCUT2D eigenvalue weighted by Crippen LogP contribution is 2.17. The Hall–Kier alpha value is -2.43. The summed E-state index contributed by atoms with van der Waals surface area (Å²) in [5.41, 5.74) is 2.54. The third kappa shape index (κ3) is 4.78.